The second kappa shape index (κ2) is 11.0. The van der Waals surface area contributed by atoms with Gasteiger partial charge in [-0.05, 0) is 26.7 Å². The van der Waals surface area contributed by atoms with E-state index in [2.05, 4.69) is 9.88 Å². The highest BCUT2D eigenvalue weighted by atomic mass is 32.2. The van der Waals surface area contributed by atoms with Crippen LogP contribution in [-0.4, -0.2) is 61.3 Å². The molecule has 0 bridgehead atoms. The second-order valence-electron chi connectivity index (χ2n) is 8.67. The van der Waals surface area contributed by atoms with Crippen LogP contribution < -0.4 is 0 Å². The zero-order valence-electron chi connectivity index (χ0n) is 19.4. The van der Waals surface area contributed by atoms with Gasteiger partial charge < -0.3 is 9.47 Å². The maximum Gasteiger partial charge on any atom is 0.242 e. The van der Waals surface area contributed by atoms with Gasteiger partial charge in [0.2, 0.25) is 23.7 Å². The molecule has 0 radical (unpaired) electrons. The monoisotopic (exact) mass is 450 g/mol. The molecule has 3 aromatic rings. The van der Waals surface area contributed by atoms with E-state index in [1.807, 2.05) is 93.0 Å². The van der Waals surface area contributed by atoms with E-state index >= 15 is 0 Å². The zero-order valence-corrected chi connectivity index (χ0v) is 20.2. The Hall–Kier alpha value is -2.35. The fraction of sp³-hybridized carbons (Fsp3) is 0.348. The lowest BCUT2D eigenvalue weighted by Gasteiger charge is -2.30. The standard InChI is InChI=1S/C23H32B2N4O2S/c1-24(17-21-11-7-5-8-12-21)29(25(2)18-22-13-9-6-10-14-22)32(30,31)23-19-28(20-26-23)16-15-27(3)4/h5-14,19-20H,15-18H2,1-4H3. The third kappa shape index (κ3) is 6.34. The van der Waals surface area contributed by atoms with E-state index < -0.39 is 10.0 Å². The Morgan fingerprint density at radius 2 is 1.38 bits per heavy atom. The van der Waals surface area contributed by atoms with Gasteiger partial charge in [-0.1, -0.05) is 85.4 Å². The van der Waals surface area contributed by atoms with Crippen LogP contribution in [0.1, 0.15) is 11.1 Å². The van der Waals surface area contributed by atoms with Gasteiger partial charge in [-0.25, -0.2) is 13.4 Å². The highest BCUT2D eigenvalue weighted by molar-refractivity contribution is 7.91. The van der Waals surface area contributed by atoms with Crippen molar-refractivity contribution in [2.45, 2.75) is 37.9 Å². The van der Waals surface area contributed by atoms with Gasteiger partial charge in [0.25, 0.3) is 0 Å². The molecular weight excluding hydrogens is 418 g/mol. The number of imidazole rings is 1. The summed E-state index contributed by atoms with van der Waals surface area (Å²) in [6.45, 7) is 5.04. The van der Waals surface area contributed by atoms with Gasteiger partial charge in [0.05, 0.1) is 6.33 Å². The Morgan fingerprint density at radius 3 is 1.84 bits per heavy atom. The number of nitrogens with zero attached hydrogens (tertiary/aromatic N) is 4. The van der Waals surface area contributed by atoms with Crippen LogP contribution in [0.5, 0.6) is 0 Å². The first-order chi connectivity index (χ1) is 15.3. The number of sulfonamides is 1. The largest absolute Gasteiger partial charge is 0.335 e. The van der Waals surface area contributed by atoms with E-state index in [9.17, 15) is 8.42 Å². The number of aromatic nitrogens is 2. The fourth-order valence-electron chi connectivity index (χ4n) is 4.02. The van der Waals surface area contributed by atoms with Crippen molar-refractivity contribution in [3.63, 3.8) is 0 Å². The number of likely N-dealkylation sites (N-methyl/N-ethyl adjacent to an activating group) is 1. The Labute approximate surface area is 193 Å². The summed E-state index contributed by atoms with van der Waals surface area (Å²) < 4.78 is 31.1. The average Bonchev–Trinajstić information content (AvgIpc) is 3.24. The lowest BCUT2D eigenvalue weighted by atomic mass is 9.48. The minimum Gasteiger partial charge on any atom is -0.335 e. The summed E-state index contributed by atoms with van der Waals surface area (Å²) in [5.41, 5.74) is 2.23. The highest BCUT2D eigenvalue weighted by Crippen LogP contribution is 2.21. The van der Waals surface area contributed by atoms with Gasteiger partial charge in [0.1, 0.15) is 0 Å². The smallest absolute Gasteiger partial charge is 0.242 e. The van der Waals surface area contributed by atoms with Crippen molar-refractivity contribution in [2.24, 2.45) is 0 Å². The molecule has 0 saturated heterocycles. The summed E-state index contributed by atoms with van der Waals surface area (Å²) in [6.07, 6.45) is 4.54. The molecule has 0 N–H and O–H groups in total. The Balaban J connectivity index is 1.89. The number of rotatable bonds is 11. The minimum atomic E-state index is -3.77. The Bertz CT molecular complexity index is 1030. The molecule has 0 aliphatic rings. The second-order valence-corrected chi connectivity index (χ2v) is 10.5. The van der Waals surface area contributed by atoms with Crippen molar-refractivity contribution >= 4 is 23.7 Å². The molecule has 9 heteroatoms. The van der Waals surface area contributed by atoms with Crippen molar-refractivity contribution < 1.29 is 8.42 Å². The first-order valence-electron chi connectivity index (χ1n) is 11.0. The van der Waals surface area contributed by atoms with Gasteiger partial charge in [-0.3, -0.25) is 4.13 Å². The summed E-state index contributed by atoms with van der Waals surface area (Å²) >= 11 is 0. The number of benzene rings is 2. The maximum absolute atomic E-state index is 13.8. The first kappa shape index (κ1) is 24.3. The summed E-state index contributed by atoms with van der Waals surface area (Å²) in [5, 5.41) is 0.107. The molecule has 168 valence electrons. The molecule has 6 nitrogen and oxygen atoms in total. The van der Waals surface area contributed by atoms with Crippen LogP contribution in [0.25, 0.3) is 0 Å². The molecule has 2 aromatic carbocycles. The fourth-order valence-corrected chi connectivity index (χ4v) is 5.78. The van der Waals surface area contributed by atoms with E-state index in [1.165, 1.54) is 0 Å². The van der Waals surface area contributed by atoms with Gasteiger partial charge >= 0.3 is 0 Å². The predicted octanol–water partition coefficient (Wildman–Crippen LogP) is 3.24. The summed E-state index contributed by atoms with van der Waals surface area (Å²) in [6, 6.07) is 20.1. The molecule has 0 unspecified atom stereocenters. The predicted molar refractivity (Wildman–Crippen MR) is 133 cm³/mol. The molecule has 0 amide bonds. The highest BCUT2D eigenvalue weighted by Gasteiger charge is 2.37. The van der Waals surface area contributed by atoms with Gasteiger partial charge in [0.15, 0.2) is 5.03 Å². The van der Waals surface area contributed by atoms with Crippen molar-refractivity contribution in [1.82, 2.24) is 18.6 Å². The maximum atomic E-state index is 13.8. The zero-order chi connectivity index (χ0) is 23.1. The van der Waals surface area contributed by atoms with Crippen LogP contribution in [0.15, 0.2) is 78.2 Å². The Kier molecular flexibility index (Phi) is 8.34. The molecule has 0 saturated carbocycles. The lowest BCUT2D eigenvalue weighted by Crippen LogP contribution is -2.52. The molecule has 3 rings (SSSR count). The minimum absolute atomic E-state index is 0.107. The first-order valence-corrected chi connectivity index (χ1v) is 12.5. The SMILES string of the molecule is CB(Cc1ccccc1)N(B(C)Cc1ccccc1)S(=O)(=O)c1cn(CCN(C)C)cn1. The summed E-state index contributed by atoms with van der Waals surface area (Å²) in [4.78, 5) is 6.34. The van der Waals surface area contributed by atoms with Crippen LogP contribution in [0, 0.1) is 0 Å². The van der Waals surface area contributed by atoms with Crippen LogP contribution in [-0.2, 0) is 29.2 Å². The third-order valence-corrected chi connectivity index (χ3v) is 7.59. The van der Waals surface area contributed by atoms with Gasteiger partial charge in [-0.2, -0.15) is 0 Å². The Morgan fingerprint density at radius 1 is 0.875 bits per heavy atom. The van der Waals surface area contributed by atoms with E-state index in [1.54, 1.807) is 16.7 Å². The molecule has 1 heterocycles. The van der Waals surface area contributed by atoms with Crippen LogP contribution in [0.3, 0.4) is 0 Å². The van der Waals surface area contributed by atoms with Crippen LogP contribution >= 0.6 is 0 Å². The van der Waals surface area contributed by atoms with Crippen LogP contribution in [0.2, 0.25) is 13.6 Å². The third-order valence-electron chi connectivity index (χ3n) is 5.57. The molecule has 0 fully saturated rings. The summed E-state index contributed by atoms with van der Waals surface area (Å²) in [7, 11) is 0.216. The molecular formula is C23H32B2N4O2S. The average molecular weight is 450 g/mol. The van der Waals surface area contributed by atoms with Crippen molar-refractivity contribution in [1.29, 1.82) is 0 Å². The molecule has 32 heavy (non-hydrogen) atoms. The molecule has 0 atom stereocenters. The van der Waals surface area contributed by atoms with E-state index in [0.717, 1.165) is 17.7 Å². The quantitative estimate of drug-likeness (QED) is 0.421. The molecule has 1 aromatic heterocycles. The molecule has 0 spiro atoms. The number of hydrogen-bond acceptors (Lipinski definition) is 4. The molecule has 0 aliphatic heterocycles. The lowest BCUT2D eigenvalue weighted by molar-refractivity contribution is 0.383. The van der Waals surface area contributed by atoms with Gasteiger partial charge in [0, 0.05) is 19.3 Å². The van der Waals surface area contributed by atoms with Crippen molar-refractivity contribution in [2.75, 3.05) is 20.6 Å². The van der Waals surface area contributed by atoms with E-state index in [0.29, 0.717) is 19.2 Å². The molecule has 0 aliphatic carbocycles. The van der Waals surface area contributed by atoms with Gasteiger partial charge in [-0.15, -0.1) is 0 Å². The van der Waals surface area contributed by atoms with Crippen molar-refractivity contribution in [3.8, 4) is 0 Å². The van der Waals surface area contributed by atoms with E-state index in [4.69, 9.17) is 0 Å². The summed E-state index contributed by atoms with van der Waals surface area (Å²) in [5.74, 6) is 0. The van der Waals surface area contributed by atoms with Crippen LogP contribution in [0.4, 0.5) is 0 Å². The normalized spacial score (nSPS) is 11.8. The number of hydrogen-bond donors (Lipinski definition) is 0. The topological polar surface area (TPSA) is 58.4 Å². The van der Waals surface area contributed by atoms with Crippen molar-refractivity contribution in [3.05, 3.63) is 84.3 Å². The van der Waals surface area contributed by atoms with E-state index in [-0.39, 0.29) is 18.7 Å².